The molecule has 0 atom stereocenters. The molecule has 0 radical (unpaired) electrons. The van der Waals surface area contributed by atoms with Crippen LogP contribution in [0.3, 0.4) is 0 Å². The molecule has 0 aliphatic rings. The highest BCUT2D eigenvalue weighted by Crippen LogP contribution is 2.16. The Morgan fingerprint density at radius 2 is 2.00 bits per heavy atom. The van der Waals surface area contributed by atoms with Crippen LogP contribution in [0.5, 0.6) is 0 Å². The molecule has 0 bridgehead atoms. The molecule has 0 heterocycles. The lowest BCUT2D eigenvalue weighted by molar-refractivity contribution is -0.119. The Morgan fingerprint density at radius 1 is 1.39 bits per heavy atom. The summed E-state index contributed by atoms with van der Waals surface area (Å²) in [4.78, 5) is 23.8. The van der Waals surface area contributed by atoms with E-state index >= 15 is 0 Å². The van der Waals surface area contributed by atoms with Gasteiger partial charge >= 0.3 is 0 Å². The molecule has 0 fully saturated rings. The summed E-state index contributed by atoms with van der Waals surface area (Å²) >= 11 is 4.21. The molecule has 5 heteroatoms. The Bertz CT molecular complexity index is 484. The summed E-state index contributed by atoms with van der Waals surface area (Å²) in [6.07, 6.45) is 0.0956. The van der Waals surface area contributed by atoms with E-state index in [1.807, 2.05) is 19.1 Å². The van der Waals surface area contributed by atoms with Crippen molar-refractivity contribution in [2.75, 3.05) is 0 Å². The maximum absolute atomic E-state index is 12.1. The number of hydrogen-bond donors (Lipinski definition) is 3. The Morgan fingerprint density at radius 3 is 2.56 bits per heavy atom. The van der Waals surface area contributed by atoms with E-state index in [-0.39, 0.29) is 12.3 Å². The minimum absolute atomic E-state index is 0.0956. The molecule has 1 rings (SSSR count). The third-order valence-corrected chi connectivity index (χ3v) is 2.81. The Balaban J connectivity index is 2.88. The molecule has 4 nitrogen and oxygen atoms in total. The first-order valence-electron chi connectivity index (χ1n) is 5.62. The van der Waals surface area contributed by atoms with Gasteiger partial charge in [-0.05, 0) is 38.5 Å². The summed E-state index contributed by atoms with van der Waals surface area (Å²) < 4.78 is 0. The van der Waals surface area contributed by atoms with Gasteiger partial charge in [-0.1, -0.05) is 6.07 Å². The van der Waals surface area contributed by atoms with E-state index in [2.05, 4.69) is 17.9 Å². The molecule has 0 aliphatic carbocycles. The largest absolute Gasteiger partial charge is 0.370 e. The van der Waals surface area contributed by atoms with Gasteiger partial charge in [-0.3, -0.25) is 9.59 Å². The topological polar surface area (TPSA) is 72.2 Å². The maximum atomic E-state index is 12.1. The van der Waals surface area contributed by atoms with Crippen LogP contribution in [0.25, 0.3) is 0 Å². The second-order valence-corrected chi connectivity index (χ2v) is 5.50. The summed E-state index contributed by atoms with van der Waals surface area (Å²) in [5.41, 5.74) is 5.90. The fraction of sp³-hybridized carbons (Fsp3) is 0.385. The minimum atomic E-state index is -0.665. The number of hydrogen-bond acceptors (Lipinski definition) is 3. The van der Waals surface area contributed by atoms with Crippen molar-refractivity contribution >= 4 is 24.4 Å². The molecule has 1 aromatic carbocycles. The molecule has 18 heavy (non-hydrogen) atoms. The quantitative estimate of drug-likeness (QED) is 0.725. The van der Waals surface area contributed by atoms with Crippen molar-refractivity contribution in [3.8, 4) is 0 Å². The first-order chi connectivity index (χ1) is 8.21. The van der Waals surface area contributed by atoms with Gasteiger partial charge in [0.1, 0.15) is 0 Å². The van der Waals surface area contributed by atoms with Gasteiger partial charge in [0.05, 0.1) is 0 Å². The third kappa shape index (κ3) is 4.07. The van der Waals surface area contributed by atoms with Crippen molar-refractivity contribution in [3.63, 3.8) is 0 Å². The number of nitrogens with one attached hydrogen (secondary N) is 1. The summed E-state index contributed by atoms with van der Waals surface area (Å²) in [5.74, 6) is -0.672. The first kappa shape index (κ1) is 14.6. The number of benzene rings is 1. The lowest BCUT2D eigenvalue weighted by atomic mass is 9.99. The van der Waals surface area contributed by atoms with Crippen LogP contribution in [0.15, 0.2) is 23.1 Å². The average molecular weight is 266 g/mol. The average Bonchev–Trinajstić information content (AvgIpc) is 2.18. The van der Waals surface area contributed by atoms with Crippen LogP contribution >= 0.6 is 12.6 Å². The van der Waals surface area contributed by atoms with Crippen LogP contribution in [0.4, 0.5) is 0 Å². The van der Waals surface area contributed by atoms with Crippen molar-refractivity contribution in [3.05, 3.63) is 29.3 Å². The molecule has 0 saturated heterocycles. The first-order valence-corrected chi connectivity index (χ1v) is 6.06. The maximum Gasteiger partial charge on any atom is 0.252 e. The van der Waals surface area contributed by atoms with Crippen LogP contribution in [0.2, 0.25) is 0 Å². The second kappa shape index (κ2) is 5.44. The summed E-state index contributed by atoms with van der Waals surface area (Å²) in [7, 11) is 0. The number of amides is 2. The highest BCUT2D eigenvalue weighted by atomic mass is 32.1. The fourth-order valence-corrected chi connectivity index (χ4v) is 1.91. The van der Waals surface area contributed by atoms with Gasteiger partial charge in [-0.15, -0.1) is 12.6 Å². The van der Waals surface area contributed by atoms with Crippen LogP contribution < -0.4 is 11.1 Å². The fourth-order valence-electron chi connectivity index (χ4n) is 1.71. The summed E-state index contributed by atoms with van der Waals surface area (Å²) in [6, 6.07) is 5.36. The zero-order chi connectivity index (χ0) is 13.9. The number of rotatable bonds is 4. The van der Waals surface area contributed by atoms with Gasteiger partial charge in [0.15, 0.2) is 0 Å². The molecule has 0 saturated carbocycles. The van der Waals surface area contributed by atoms with Gasteiger partial charge in [0.25, 0.3) is 5.91 Å². The molecular formula is C13H18N2O2S. The predicted octanol–water partition coefficient (Wildman–Crippen LogP) is 1.67. The SMILES string of the molecule is Cc1ccc(S)cc1C(=O)NC(C)(C)CC(N)=O. The van der Waals surface area contributed by atoms with Gasteiger partial charge < -0.3 is 11.1 Å². The number of carbonyl (C=O) groups excluding carboxylic acids is 2. The molecule has 3 N–H and O–H groups in total. The number of nitrogens with two attached hydrogens (primary N) is 1. The zero-order valence-electron chi connectivity index (χ0n) is 10.8. The second-order valence-electron chi connectivity index (χ2n) is 4.98. The van der Waals surface area contributed by atoms with Crippen molar-refractivity contribution in [1.29, 1.82) is 0 Å². The van der Waals surface area contributed by atoms with Gasteiger partial charge in [0.2, 0.25) is 5.91 Å². The number of carbonyl (C=O) groups is 2. The van der Waals surface area contributed by atoms with Gasteiger partial charge in [-0.25, -0.2) is 0 Å². The number of primary amides is 1. The molecule has 2 amide bonds. The Hall–Kier alpha value is -1.49. The van der Waals surface area contributed by atoms with E-state index in [4.69, 9.17) is 5.73 Å². The van der Waals surface area contributed by atoms with Crippen molar-refractivity contribution in [2.45, 2.75) is 37.6 Å². The molecule has 0 unspecified atom stereocenters. The molecule has 0 spiro atoms. The van der Waals surface area contributed by atoms with Crippen molar-refractivity contribution in [1.82, 2.24) is 5.32 Å². The van der Waals surface area contributed by atoms with Crippen LogP contribution in [0, 0.1) is 6.92 Å². The van der Waals surface area contributed by atoms with Gasteiger partial charge in [0, 0.05) is 22.4 Å². The predicted molar refractivity (Wildman–Crippen MR) is 73.8 cm³/mol. The van der Waals surface area contributed by atoms with E-state index < -0.39 is 11.4 Å². The number of thiol groups is 1. The molecule has 98 valence electrons. The van der Waals surface area contributed by atoms with Gasteiger partial charge in [-0.2, -0.15) is 0 Å². The van der Waals surface area contributed by atoms with Crippen molar-refractivity contribution < 1.29 is 9.59 Å². The molecule has 0 aliphatic heterocycles. The van der Waals surface area contributed by atoms with Crippen molar-refractivity contribution in [2.24, 2.45) is 5.73 Å². The lowest BCUT2D eigenvalue weighted by Crippen LogP contribution is -2.46. The standard InChI is InChI=1S/C13H18N2O2S/c1-8-4-5-9(18)6-10(8)12(17)15-13(2,3)7-11(14)16/h4-6,18H,7H2,1-3H3,(H2,14,16)(H,15,17). The molecular weight excluding hydrogens is 248 g/mol. The highest BCUT2D eigenvalue weighted by Gasteiger charge is 2.24. The summed E-state index contributed by atoms with van der Waals surface area (Å²) in [5, 5.41) is 2.80. The van der Waals surface area contributed by atoms with Crippen LogP contribution in [-0.4, -0.2) is 17.4 Å². The van der Waals surface area contributed by atoms with E-state index in [1.54, 1.807) is 19.9 Å². The Kier molecular flexibility index (Phi) is 4.40. The number of aryl methyl sites for hydroxylation is 1. The zero-order valence-corrected chi connectivity index (χ0v) is 11.7. The summed E-state index contributed by atoms with van der Waals surface area (Å²) in [6.45, 7) is 5.37. The minimum Gasteiger partial charge on any atom is -0.370 e. The van der Waals surface area contributed by atoms with E-state index in [9.17, 15) is 9.59 Å². The van der Waals surface area contributed by atoms with Crippen LogP contribution in [-0.2, 0) is 4.79 Å². The normalized spacial score (nSPS) is 11.1. The smallest absolute Gasteiger partial charge is 0.252 e. The van der Waals surface area contributed by atoms with E-state index in [0.29, 0.717) is 5.56 Å². The third-order valence-electron chi connectivity index (χ3n) is 2.53. The van der Waals surface area contributed by atoms with E-state index in [0.717, 1.165) is 10.5 Å². The molecule has 0 aromatic heterocycles. The lowest BCUT2D eigenvalue weighted by Gasteiger charge is -2.25. The monoisotopic (exact) mass is 266 g/mol. The van der Waals surface area contributed by atoms with Crippen LogP contribution in [0.1, 0.15) is 36.2 Å². The van der Waals surface area contributed by atoms with E-state index in [1.165, 1.54) is 0 Å². The molecule has 1 aromatic rings. The Labute approximate surface area is 112 Å². The highest BCUT2D eigenvalue weighted by molar-refractivity contribution is 7.80.